The third kappa shape index (κ3) is 5.39. The summed E-state index contributed by atoms with van der Waals surface area (Å²) in [5, 5.41) is 0.961. The topological polar surface area (TPSA) is 44.8 Å². The lowest BCUT2D eigenvalue weighted by atomic mass is 10.2. The summed E-state index contributed by atoms with van der Waals surface area (Å²) in [7, 11) is 2.87. The van der Waals surface area contributed by atoms with E-state index in [-0.39, 0.29) is 0 Å². The van der Waals surface area contributed by atoms with E-state index in [1.165, 1.54) is 13.2 Å². The summed E-state index contributed by atoms with van der Waals surface area (Å²) in [4.78, 5) is 11.2. The maximum absolute atomic E-state index is 11.2. The fourth-order valence-electron chi connectivity index (χ4n) is 1.99. The lowest BCUT2D eigenvalue weighted by Gasteiger charge is -2.14. The fraction of sp³-hybridized carbons (Fsp3) is 0.167. The summed E-state index contributed by atoms with van der Waals surface area (Å²) in [6.07, 6.45) is 2.96. The van der Waals surface area contributed by atoms with E-state index in [1.54, 1.807) is 31.4 Å². The highest BCUT2D eigenvalue weighted by molar-refractivity contribution is 9.10. The molecule has 4 nitrogen and oxygen atoms in total. The minimum atomic E-state index is -0.435. The van der Waals surface area contributed by atoms with Crippen molar-refractivity contribution in [2.24, 2.45) is 0 Å². The predicted octanol–water partition coefficient (Wildman–Crippen LogP) is 5.53. The summed E-state index contributed by atoms with van der Waals surface area (Å²) in [5.74, 6) is 0.637. The Kier molecular flexibility index (Phi) is 7.17. The number of halogens is 3. The highest BCUT2D eigenvalue weighted by atomic mass is 79.9. The Hall–Kier alpha value is -1.69. The second-order valence-corrected chi connectivity index (χ2v) is 6.60. The van der Waals surface area contributed by atoms with Gasteiger partial charge in [-0.05, 0) is 57.4 Å². The minimum absolute atomic E-state index is 0.295. The molecule has 0 N–H and O–H groups in total. The number of hydrogen-bond donors (Lipinski definition) is 0. The van der Waals surface area contributed by atoms with Gasteiger partial charge < -0.3 is 14.2 Å². The van der Waals surface area contributed by atoms with Crippen molar-refractivity contribution in [3.63, 3.8) is 0 Å². The molecule has 0 aromatic heterocycles. The zero-order valence-corrected chi connectivity index (χ0v) is 16.6. The Morgan fingerprint density at radius 2 is 1.92 bits per heavy atom. The van der Waals surface area contributed by atoms with E-state index >= 15 is 0 Å². The van der Waals surface area contributed by atoms with Gasteiger partial charge in [0.2, 0.25) is 0 Å². The van der Waals surface area contributed by atoms with Gasteiger partial charge in [-0.15, -0.1) is 0 Å². The molecule has 0 aliphatic rings. The van der Waals surface area contributed by atoms with E-state index < -0.39 is 5.97 Å². The molecule has 0 saturated carbocycles. The number of esters is 1. The monoisotopic (exact) mass is 444 g/mol. The molecule has 2 aromatic carbocycles. The third-order valence-corrected chi connectivity index (χ3v) is 4.56. The molecular weight excluding hydrogens is 431 g/mol. The van der Waals surface area contributed by atoms with Crippen LogP contribution in [0.1, 0.15) is 11.1 Å². The standard InChI is InChI=1S/C18H15BrCl2O4/c1-23-16-9-11(4-6-17(22)24-2)7-13(19)18(16)25-10-12-3-5-14(20)15(21)8-12/h3-9H,10H2,1-2H3/b6-4+. The zero-order valence-electron chi connectivity index (χ0n) is 13.5. The molecule has 0 aliphatic heterocycles. The van der Waals surface area contributed by atoms with Crippen LogP contribution in [-0.2, 0) is 16.1 Å². The summed E-state index contributed by atoms with van der Waals surface area (Å²) in [6, 6.07) is 8.87. The van der Waals surface area contributed by atoms with Crippen molar-refractivity contribution in [2.75, 3.05) is 14.2 Å². The van der Waals surface area contributed by atoms with Crippen LogP contribution in [0.15, 0.2) is 40.9 Å². The first-order chi connectivity index (χ1) is 11.9. The van der Waals surface area contributed by atoms with Crippen LogP contribution in [-0.4, -0.2) is 20.2 Å². The van der Waals surface area contributed by atoms with Crippen molar-refractivity contribution >= 4 is 51.2 Å². The molecule has 0 aliphatic carbocycles. The number of benzene rings is 2. The van der Waals surface area contributed by atoms with E-state index in [2.05, 4.69) is 20.7 Å². The number of carbonyl (C=O) groups is 1. The SMILES string of the molecule is COC(=O)/C=C/c1cc(Br)c(OCc2ccc(Cl)c(Cl)c2)c(OC)c1. The van der Waals surface area contributed by atoms with Crippen LogP contribution in [0.25, 0.3) is 6.08 Å². The van der Waals surface area contributed by atoms with Crippen LogP contribution >= 0.6 is 39.1 Å². The van der Waals surface area contributed by atoms with Gasteiger partial charge >= 0.3 is 5.97 Å². The smallest absolute Gasteiger partial charge is 0.330 e. The highest BCUT2D eigenvalue weighted by Crippen LogP contribution is 2.37. The summed E-state index contributed by atoms with van der Waals surface area (Å²) >= 11 is 15.4. The van der Waals surface area contributed by atoms with Gasteiger partial charge in [0.25, 0.3) is 0 Å². The average Bonchev–Trinajstić information content (AvgIpc) is 2.61. The second kappa shape index (κ2) is 9.13. The molecule has 2 rings (SSSR count). The Morgan fingerprint density at radius 3 is 2.56 bits per heavy atom. The van der Waals surface area contributed by atoms with E-state index in [4.69, 9.17) is 32.7 Å². The lowest BCUT2D eigenvalue weighted by Crippen LogP contribution is -1.99. The van der Waals surface area contributed by atoms with E-state index in [1.807, 2.05) is 12.1 Å². The quantitative estimate of drug-likeness (QED) is 0.433. The molecule has 0 atom stereocenters. The van der Waals surface area contributed by atoms with Crippen LogP contribution in [0, 0.1) is 0 Å². The molecular formula is C18H15BrCl2O4. The molecule has 0 unspecified atom stereocenters. The van der Waals surface area contributed by atoms with Crippen molar-refractivity contribution in [1.82, 2.24) is 0 Å². The van der Waals surface area contributed by atoms with E-state index in [0.29, 0.717) is 32.6 Å². The van der Waals surface area contributed by atoms with Crippen LogP contribution in [0.2, 0.25) is 10.0 Å². The van der Waals surface area contributed by atoms with Gasteiger partial charge in [-0.25, -0.2) is 4.79 Å². The molecule has 0 radical (unpaired) electrons. The highest BCUT2D eigenvalue weighted by Gasteiger charge is 2.12. The van der Waals surface area contributed by atoms with Gasteiger partial charge in [0.1, 0.15) is 6.61 Å². The average molecular weight is 446 g/mol. The van der Waals surface area contributed by atoms with Gasteiger partial charge in [0.05, 0.1) is 28.7 Å². The predicted molar refractivity (Wildman–Crippen MR) is 103 cm³/mol. The Morgan fingerprint density at radius 1 is 1.16 bits per heavy atom. The summed E-state index contributed by atoms with van der Waals surface area (Å²) in [6.45, 7) is 0.295. The molecule has 0 fully saturated rings. The van der Waals surface area contributed by atoms with Crippen LogP contribution in [0.5, 0.6) is 11.5 Å². The number of hydrogen-bond acceptors (Lipinski definition) is 4. The van der Waals surface area contributed by atoms with E-state index in [9.17, 15) is 4.79 Å². The maximum Gasteiger partial charge on any atom is 0.330 e. The van der Waals surface area contributed by atoms with Crippen molar-refractivity contribution in [2.45, 2.75) is 6.61 Å². The van der Waals surface area contributed by atoms with Crippen LogP contribution < -0.4 is 9.47 Å². The summed E-state index contributed by atoms with van der Waals surface area (Å²) < 4.78 is 16.5. The molecule has 0 bridgehead atoms. The first-order valence-corrected chi connectivity index (χ1v) is 8.69. The van der Waals surface area contributed by atoms with Crippen molar-refractivity contribution in [1.29, 1.82) is 0 Å². The lowest BCUT2D eigenvalue weighted by molar-refractivity contribution is -0.134. The molecule has 132 valence electrons. The Balaban J connectivity index is 2.21. The molecule has 0 amide bonds. The molecule has 2 aromatic rings. The minimum Gasteiger partial charge on any atom is -0.493 e. The van der Waals surface area contributed by atoms with E-state index in [0.717, 1.165) is 11.1 Å². The zero-order chi connectivity index (χ0) is 18.4. The molecule has 7 heteroatoms. The van der Waals surface area contributed by atoms with Gasteiger partial charge in [-0.2, -0.15) is 0 Å². The van der Waals surface area contributed by atoms with Crippen LogP contribution in [0.4, 0.5) is 0 Å². The Bertz CT molecular complexity index is 806. The Labute approximate surface area is 164 Å². The third-order valence-electron chi connectivity index (χ3n) is 3.23. The van der Waals surface area contributed by atoms with Crippen molar-refractivity contribution < 1.29 is 19.0 Å². The molecule has 0 spiro atoms. The molecule has 0 heterocycles. The number of ether oxygens (including phenoxy) is 3. The normalized spacial score (nSPS) is 10.8. The first-order valence-electron chi connectivity index (χ1n) is 7.15. The largest absolute Gasteiger partial charge is 0.493 e. The number of methoxy groups -OCH3 is 2. The van der Waals surface area contributed by atoms with Gasteiger partial charge in [-0.3, -0.25) is 0 Å². The van der Waals surface area contributed by atoms with Crippen molar-refractivity contribution in [3.05, 3.63) is 62.1 Å². The van der Waals surface area contributed by atoms with Gasteiger partial charge in [-0.1, -0.05) is 29.3 Å². The fourth-order valence-corrected chi connectivity index (χ4v) is 2.89. The summed E-state index contributed by atoms with van der Waals surface area (Å²) in [5.41, 5.74) is 1.63. The van der Waals surface area contributed by atoms with Gasteiger partial charge in [0, 0.05) is 6.08 Å². The first kappa shape index (κ1) is 19.6. The second-order valence-electron chi connectivity index (χ2n) is 4.93. The number of rotatable bonds is 6. The molecule has 25 heavy (non-hydrogen) atoms. The molecule has 0 saturated heterocycles. The maximum atomic E-state index is 11.2. The van der Waals surface area contributed by atoms with Crippen LogP contribution in [0.3, 0.4) is 0 Å². The van der Waals surface area contributed by atoms with Gasteiger partial charge in [0.15, 0.2) is 11.5 Å². The number of carbonyl (C=O) groups excluding carboxylic acids is 1. The van der Waals surface area contributed by atoms with Crippen molar-refractivity contribution in [3.8, 4) is 11.5 Å².